The van der Waals surface area contributed by atoms with Gasteiger partial charge in [0.25, 0.3) is 5.91 Å². The Morgan fingerprint density at radius 1 is 1.71 bits per heavy atom. The average Bonchev–Trinajstić information content (AvgIpc) is 2.26. The lowest BCUT2D eigenvalue weighted by Gasteiger charge is -2.21. The van der Waals surface area contributed by atoms with Crippen molar-refractivity contribution >= 4 is 12.1 Å². The molecular formula is C10H15N3O. The Morgan fingerprint density at radius 3 is 3.00 bits per heavy atom. The molecule has 1 aliphatic rings. The second kappa shape index (κ2) is 5.21. The third-order valence-electron chi connectivity index (χ3n) is 1.86. The summed E-state index contributed by atoms with van der Waals surface area (Å²) in [7, 11) is 1.63. The van der Waals surface area contributed by atoms with E-state index in [1.807, 2.05) is 30.2 Å². The molecule has 1 N–H and O–H groups in total. The highest BCUT2D eigenvalue weighted by atomic mass is 16.2. The zero-order valence-corrected chi connectivity index (χ0v) is 8.53. The number of nitrogens with one attached hydrogen (secondary N) is 1. The molecule has 0 aliphatic carbocycles. The highest BCUT2D eigenvalue weighted by Crippen LogP contribution is 2.08. The smallest absolute Gasteiger partial charge is 0.267 e. The summed E-state index contributed by atoms with van der Waals surface area (Å²) in [6.45, 7) is 2.51. The predicted octanol–water partition coefficient (Wildman–Crippen LogP) is 0.884. The van der Waals surface area contributed by atoms with Gasteiger partial charge in [-0.3, -0.25) is 9.79 Å². The molecule has 4 nitrogen and oxygen atoms in total. The van der Waals surface area contributed by atoms with Crippen LogP contribution in [0.15, 0.2) is 29.0 Å². The molecule has 1 heterocycles. The summed E-state index contributed by atoms with van der Waals surface area (Å²) in [5.74, 6) is -0.0754. The topological polar surface area (TPSA) is 44.7 Å². The molecule has 0 aromatic rings. The van der Waals surface area contributed by atoms with E-state index < -0.39 is 0 Å². The number of hydrogen-bond donors (Lipinski definition) is 1. The number of rotatable bonds is 3. The van der Waals surface area contributed by atoms with Crippen molar-refractivity contribution in [3.05, 3.63) is 24.0 Å². The minimum absolute atomic E-state index is 0.0754. The zero-order chi connectivity index (χ0) is 10.4. The molecule has 0 radical (unpaired) electrons. The van der Waals surface area contributed by atoms with Crippen LogP contribution >= 0.6 is 0 Å². The van der Waals surface area contributed by atoms with Crippen LogP contribution in [0.5, 0.6) is 0 Å². The van der Waals surface area contributed by atoms with E-state index in [2.05, 4.69) is 10.3 Å². The highest BCUT2D eigenvalue weighted by Gasteiger charge is 2.13. The SMILES string of the molecule is CC/C=C(\C(=O)NC)N1C=CC=NC1. The van der Waals surface area contributed by atoms with Gasteiger partial charge in [0, 0.05) is 19.5 Å². The Labute approximate surface area is 84.0 Å². The monoisotopic (exact) mass is 193 g/mol. The van der Waals surface area contributed by atoms with E-state index in [-0.39, 0.29) is 5.91 Å². The Kier molecular flexibility index (Phi) is 3.91. The second-order valence-electron chi connectivity index (χ2n) is 2.86. The van der Waals surface area contributed by atoms with Crippen LogP contribution in [-0.4, -0.2) is 30.7 Å². The Balaban J connectivity index is 2.78. The third-order valence-corrected chi connectivity index (χ3v) is 1.86. The first-order valence-electron chi connectivity index (χ1n) is 4.65. The number of likely N-dealkylation sites (N-methyl/N-ethyl adjacent to an activating group) is 1. The van der Waals surface area contributed by atoms with Gasteiger partial charge in [-0.15, -0.1) is 0 Å². The molecule has 1 aliphatic heterocycles. The van der Waals surface area contributed by atoms with Crippen molar-refractivity contribution in [2.24, 2.45) is 4.99 Å². The van der Waals surface area contributed by atoms with Gasteiger partial charge in [-0.05, 0) is 12.5 Å². The molecule has 0 saturated carbocycles. The molecule has 76 valence electrons. The highest BCUT2D eigenvalue weighted by molar-refractivity contribution is 5.93. The molecule has 0 saturated heterocycles. The quantitative estimate of drug-likeness (QED) is 0.676. The Bertz CT molecular complexity index is 292. The number of carbonyl (C=O) groups is 1. The number of nitrogens with zero attached hydrogens (tertiary/aromatic N) is 2. The van der Waals surface area contributed by atoms with E-state index >= 15 is 0 Å². The molecule has 0 unspecified atom stereocenters. The van der Waals surface area contributed by atoms with Crippen molar-refractivity contribution < 1.29 is 4.79 Å². The molecule has 1 amide bonds. The zero-order valence-electron chi connectivity index (χ0n) is 8.53. The Hall–Kier alpha value is -1.58. The molecule has 0 spiro atoms. The predicted molar refractivity (Wildman–Crippen MR) is 56.8 cm³/mol. The maximum absolute atomic E-state index is 11.5. The number of allylic oxidation sites excluding steroid dienone is 2. The summed E-state index contributed by atoms with van der Waals surface area (Å²) in [5, 5.41) is 2.61. The Morgan fingerprint density at radius 2 is 2.50 bits per heavy atom. The van der Waals surface area contributed by atoms with Crippen LogP contribution in [0.1, 0.15) is 13.3 Å². The van der Waals surface area contributed by atoms with E-state index in [1.165, 1.54) is 0 Å². The van der Waals surface area contributed by atoms with Gasteiger partial charge in [0.1, 0.15) is 12.4 Å². The molecule has 0 fully saturated rings. The molecule has 0 bridgehead atoms. The van der Waals surface area contributed by atoms with Gasteiger partial charge >= 0.3 is 0 Å². The average molecular weight is 193 g/mol. The first-order valence-corrected chi connectivity index (χ1v) is 4.65. The van der Waals surface area contributed by atoms with E-state index in [0.29, 0.717) is 12.4 Å². The minimum Gasteiger partial charge on any atom is -0.354 e. The van der Waals surface area contributed by atoms with Gasteiger partial charge in [0.15, 0.2) is 0 Å². The second-order valence-corrected chi connectivity index (χ2v) is 2.86. The van der Waals surface area contributed by atoms with Gasteiger partial charge in [-0.1, -0.05) is 13.0 Å². The summed E-state index contributed by atoms with van der Waals surface area (Å²) in [6, 6.07) is 0. The number of carbonyl (C=O) groups excluding carboxylic acids is 1. The van der Waals surface area contributed by atoms with E-state index in [9.17, 15) is 4.79 Å². The molecule has 0 aromatic carbocycles. The minimum atomic E-state index is -0.0754. The summed E-state index contributed by atoms with van der Waals surface area (Å²) in [5.41, 5.74) is 0.656. The normalized spacial score (nSPS) is 15.9. The van der Waals surface area contributed by atoms with Crippen LogP contribution in [-0.2, 0) is 4.79 Å². The molecule has 1 rings (SSSR count). The van der Waals surface area contributed by atoms with Gasteiger partial charge in [-0.2, -0.15) is 0 Å². The van der Waals surface area contributed by atoms with Gasteiger partial charge in [0.05, 0.1) is 0 Å². The lowest BCUT2D eigenvalue weighted by Crippen LogP contribution is -2.31. The number of hydrogen-bond acceptors (Lipinski definition) is 3. The third kappa shape index (κ3) is 2.45. The molecule has 4 heteroatoms. The van der Waals surface area contributed by atoms with Crippen LogP contribution in [0.4, 0.5) is 0 Å². The van der Waals surface area contributed by atoms with Gasteiger partial charge < -0.3 is 10.2 Å². The van der Waals surface area contributed by atoms with Gasteiger partial charge in [0.2, 0.25) is 0 Å². The standard InChI is InChI=1S/C10H15N3O/c1-3-5-9(10(14)11-2)13-7-4-6-12-8-13/h4-7H,3,8H2,1-2H3,(H,11,14)/b9-5+. The summed E-state index contributed by atoms with van der Waals surface area (Å²) in [4.78, 5) is 17.4. The molecular weight excluding hydrogens is 178 g/mol. The van der Waals surface area contributed by atoms with Crippen LogP contribution in [0.3, 0.4) is 0 Å². The largest absolute Gasteiger partial charge is 0.354 e. The summed E-state index contributed by atoms with van der Waals surface area (Å²) >= 11 is 0. The summed E-state index contributed by atoms with van der Waals surface area (Å²) < 4.78 is 0. The van der Waals surface area contributed by atoms with Crippen molar-refractivity contribution in [1.82, 2.24) is 10.2 Å². The lowest BCUT2D eigenvalue weighted by atomic mass is 10.3. The maximum atomic E-state index is 11.5. The first-order chi connectivity index (χ1) is 6.79. The van der Waals surface area contributed by atoms with Crippen molar-refractivity contribution in [3.8, 4) is 0 Å². The van der Waals surface area contributed by atoms with Crippen LogP contribution in [0.2, 0.25) is 0 Å². The fourth-order valence-corrected chi connectivity index (χ4v) is 1.20. The summed E-state index contributed by atoms with van der Waals surface area (Å²) in [6.07, 6.45) is 8.12. The molecule has 0 aromatic heterocycles. The first kappa shape index (κ1) is 10.5. The van der Waals surface area contributed by atoms with E-state index in [0.717, 1.165) is 6.42 Å². The van der Waals surface area contributed by atoms with Crippen molar-refractivity contribution in [2.75, 3.05) is 13.7 Å². The molecule has 14 heavy (non-hydrogen) atoms. The van der Waals surface area contributed by atoms with Crippen LogP contribution in [0, 0.1) is 0 Å². The van der Waals surface area contributed by atoms with Crippen molar-refractivity contribution in [3.63, 3.8) is 0 Å². The maximum Gasteiger partial charge on any atom is 0.267 e. The van der Waals surface area contributed by atoms with Crippen LogP contribution < -0.4 is 5.32 Å². The fraction of sp³-hybridized carbons (Fsp3) is 0.400. The fourth-order valence-electron chi connectivity index (χ4n) is 1.20. The number of amides is 1. The van der Waals surface area contributed by atoms with E-state index in [1.54, 1.807) is 13.3 Å². The van der Waals surface area contributed by atoms with Gasteiger partial charge in [-0.25, -0.2) is 0 Å². The van der Waals surface area contributed by atoms with Crippen molar-refractivity contribution in [2.45, 2.75) is 13.3 Å². The van der Waals surface area contributed by atoms with Crippen molar-refractivity contribution in [1.29, 1.82) is 0 Å². The molecule has 0 atom stereocenters. The van der Waals surface area contributed by atoms with Crippen LogP contribution in [0.25, 0.3) is 0 Å². The van der Waals surface area contributed by atoms with E-state index in [4.69, 9.17) is 0 Å². The number of aliphatic imine (C=N–C) groups is 1. The lowest BCUT2D eigenvalue weighted by molar-refractivity contribution is -0.118.